The maximum Gasteiger partial charge on any atom is 0.350 e. The summed E-state index contributed by atoms with van der Waals surface area (Å²) >= 11 is 0. The van der Waals surface area contributed by atoms with Crippen LogP contribution in [-0.4, -0.2) is 41.9 Å². The Hall–Kier alpha value is -3.88. The summed E-state index contributed by atoms with van der Waals surface area (Å²) in [6.07, 6.45) is 5.30. The molecule has 4 rings (SSSR count). The van der Waals surface area contributed by atoms with Gasteiger partial charge in [-0.2, -0.15) is 5.10 Å². The van der Waals surface area contributed by atoms with Gasteiger partial charge in [-0.25, -0.2) is 14.3 Å². The number of nitrogens with zero attached hydrogens (tertiary/aromatic N) is 6. The normalized spacial score (nSPS) is 11.0. The lowest BCUT2D eigenvalue weighted by Gasteiger charge is -2.17. The summed E-state index contributed by atoms with van der Waals surface area (Å²) in [6, 6.07) is 12.6. The van der Waals surface area contributed by atoms with Crippen LogP contribution >= 0.6 is 0 Å². The number of hydrogen-bond acceptors (Lipinski definition) is 4. The van der Waals surface area contributed by atoms with E-state index >= 15 is 0 Å². The molecule has 29 heavy (non-hydrogen) atoms. The molecule has 0 unspecified atom stereocenters. The number of anilines is 1. The number of benzene rings is 1. The number of aromatic nitrogens is 5. The number of aryl methyl sites for hydroxylation is 1. The van der Waals surface area contributed by atoms with Gasteiger partial charge in [0.15, 0.2) is 5.65 Å². The molecule has 0 aliphatic rings. The molecule has 9 heteroatoms. The Morgan fingerprint density at radius 2 is 2.03 bits per heavy atom. The average molecular weight is 391 g/mol. The van der Waals surface area contributed by atoms with E-state index in [-0.39, 0.29) is 11.7 Å². The summed E-state index contributed by atoms with van der Waals surface area (Å²) in [6.45, 7) is 0.770. The first kappa shape index (κ1) is 18.5. The van der Waals surface area contributed by atoms with Crippen molar-refractivity contribution in [3.05, 3.63) is 82.7 Å². The third-order valence-corrected chi connectivity index (χ3v) is 4.52. The molecule has 9 nitrogen and oxygen atoms in total. The van der Waals surface area contributed by atoms with E-state index in [0.29, 0.717) is 24.4 Å². The maximum atomic E-state index is 12.5. The van der Waals surface area contributed by atoms with Crippen LogP contribution in [0, 0.1) is 0 Å². The van der Waals surface area contributed by atoms with Crippen molar-refractivity contribution in [2.45, 2.75) is 13.1 Å². The van der Waals surface area contributed by atoms with Crippen molar-refractivity contribution >= 4 is 17.4 Å². The maximum absolute atomic E-state index is 12.5. The molecule has 4 aromatic rings. The van der Waals surface area contributed by atoms with Crippen molar-refractivity contribution in [2.75, 3.05) is 12.4 Å². The zero-order chi connectivity index (χ0) is 20.4. The van der Waals surface area contributed by atoms with Crippen LogP contribution in [0.3, 0.4) is 0 Å². The molecule has 3 heterocycles. The lowest BCUT2D eigenvalue weighted by molar-refractivity contribution is 0.220. The minimum Gasteiger partial charge on any atom is -0.323 e. The van der Waals surface area contributed by atoms with Crippen molar-refractivity contribution < 1.29 is 4.79 Å². The Balaban J connectivity index is 1.46. The molecular formula is C20H21N7O2. The van der Waals surface area contributed by atoms with Crippen LogP contribution in [0.4, 0.5) is 10.5 Å². The number of rotatable bonds is 5. The zero-order valence-electron chi connectivity index (χ0n) is 16.2. The van der Waals surface area contributed by atoms with Crippen molar-refractivity contribution in [3.8, 4) is 0 Å². The predicted octanol–water partition coefficient (Wildman–Crippen LogP) is 1.94. The van der Waals surface area contributed by atoms with Crippen LogP contribution in [0.25, 0.3) is 5.65 Å². The predicted molar refractivity (Wildman–Crippen MR) is 109 cm³/mol. The number of amides is 2. The highest BCUT2D eigenvalue weighted by Crippen LogP contribution is 2.13. The summed E-state index contributed by atoms with van der Waals surface area (Å²) in [4.78, 5) is 26.5. The summed E-state index contributed by atoms with van der Waals surface area (Å²) < 4.78 is 4.61. The Bertz CT molecular complexity index is 1220. The highest BCUT2D eigenvalue weighted by atomic mass is 16.2. The van der Waals surface area contributed by atoms with Gasteiger partial charge in [0.25, 0.3) is 0 Å². The minimum absolute atomic E-state index is 0.203. The average Bonchev–Trinajstić information content (AvgIpc) is 3.25. The third kappa shape index (κ3) is 4.03. The molecule has 148 valence electrons. The molecule has 1 N–H and O–H groups in total. The number of nitrogens with one attached hydrogen (secondary N) is 1. The summed E-state index contributed by atoms with van der Waals surface area (Å²) in [7, 11) is 3.56. The molecule has 0 aliphatic heterocycles. The topological polar surface area (TPSA) is 89.5 Å². The number of hydrogen-bond donors (Lipinski definition) is 1. The van der Waals surface area contributed by atoms with Crippen LogP contribution < -0.4 is 11.0 Å². The van der Waals surface area contributed by atoms with Gasteiger partial charge in [0, 0.05) is 37.7 Å². The van der Waals surface area contributed by atoms with Gasteiger partial charge in [0.2, 0.25) is 0 Å². The van der Waals surface area contributed by atoms with Crippen LogP contribution in [0.5, 0.6) is 0 Å². The lowest BCUT2D eigenvalue weighted by Crippen LogP contribution is -2.30. The number of carbonyl (C=O) groups excluding carboxylic acids is 1. The first-order valence-electron chi connectivity index (χ1n) is 9.12. The molecule has 0 spiro atoms. The highest BCUT2D eigenvalue weighted by molar-refractivity contribution is 5.89. The Morgan fingerprint density at radius 3 is 2.79 bits per heavy atom. The molecule has 0 saturated heterocycles. The first-order valence-corrected chi connectivity index (χ1v) is 9.12. The van der Waals surface area contributed by atoms with Gasteiger partial charge in [-0.3, -0.25) is 9.08 Å². The van der Waals surface area contributed by atoms with Crippen molar-refractivity contribution in [1.82, 2.24) is 28.9 Å². The van der Waals surface area contributed by atoms with E-state index in [2.05, 4.69) is 15.5 Å². The Kier molecular flexibility index (Phi) is 4.86. The fraction of sp³-hybridized carbons (Fsp3) is 0.200. The van der Waals surface area contributed by atoms with Gasteiger partial charge in [-0.05, 0) is 29.8 Å². The number of carbonyl (C=O) groups is 1. The minimum atomic E-state index is -0.226. The van der Waals surface area contributed by atoms with E-state index < -0.39 is 0 Å². The van der Waals surface area contributed by atoms with Gasteiger partial charge in [0.05, 0.1) is 19.3 Å². The Morgan fingerprint density at radius 1 is 1.17 bits per heavy atom. The van der Waals surface area contributed by atoms with Crippen LogP contribution in [0.15, 0.2) is 65.8 Å². The molecule has 0 fully saturated rings. The summed E-state index contributed by atoms with van der Waals surface area (Å²) in [5.41, 5.74) is 2.86. The van der Waals surface area contributed by atoms with E-state index in [1.807, 2.05) is 43.6 Å². The van der Waals surface area contributed by atoms with Gasteiger partial charge in [-0.15, -0.1) is 5.10 Å². The monoisotopic (exact) mass is 391 g/mol. The SMILES string of the molecule is CN(Cc1cnn(C)c1)C(=O)Nc1cccc(Cn2nc3ccccn3c2=O)c1. The smallest absolute Gasteiger partial charge is 0.323 e. The molecule has 0 atom stereocenters. The molecule has 3 aromatic heterocycles. The molecule has 2 amide bonds. The summed E-state index contributed by atoms with van der Waals surface area (Å²) in [5, 5.41) is 11.3. The summed E-state index contributed by atoms with van der Waals surface area (Å²) in [5.74, 6) is 0. The van der Waals surface area contributed by atoms with Crippen molar-refractivity contribution in [1.29, 1.82) is 0 Å². The van der Waals surface area contributed by atoms with Crippen LogP contribution in [0.2, 0.25) is 0 Å². The van der Waals surface area contributed by atoms with E-state index in [4.69, 9.17) is 0 Å². The van der Waals surface area contributed by atoms with Gasteiger partial charge < -0.3 is 10.2 Å². The largest absolute Gasteiger partial charge is 0.350 e. The van der Waals surface area contributed by atoms with Gasteiger partial charge >= 0.3 is 11.7 Å². The standard InChI is InChI=1S/C20H21N7O2/c1-24(12-16-11-21-25(2)13-16)19(28)22-17-7-5-6-15(10-17)14-27-20(29)26-9-4-3-8-18(26)23-27/h3-11,13H,12,14H2,1-2H3,(H,22,28). The molecule has 0 aliphatic carbocycles. The number of fused-ring (bicyclic) bond motifs is 1. The van der Waals surface area contributed by atoms with Crippen LogP contribution in [0.1, 0.15) is 11.1 Å². The molecule has 0 radical (unpaired) electrons. The van der Waals surface area contributed by atoms with E-state index in [0.717, 1.165) is 11.1 Å². The quantitative estimate of drug-likeness (QED) is 0.563. The molecule has 0 bridgehead atoms. The van der Waals surface area contributed by atoms with E-state index in [1.54, 1.807) is 41.2 Å². The highest BCUT2D eigenvalue weighted by Gasteiger charge is 2.11. The zero-order valence-corrected chi connectivity index (χ0v) is 16.2. The lowest BCUT2D eigenvalue weighted by atomic mass is 10.2. The number of urea groups is 1. The van der Waals surface area contributed by atoms with Gasteiger partial charge in [0.1, 0.15) is 0 Å². The second kappa shape index (κ2) is 7.63. The van der Waals surface area contributed by atoms with Gasteiger partial charge in [-0.1, -0.05) is 18.2 Å². The third-order valence-electron chi connectivity index (χ3n) is 4.52. The van der Waals surface area contributed by atoms with Crippen LogP contribution in [-0.2, 0) is 20.1 Å². The second-order valence-corrected chi connectivity index (χ2v) is 6.88. The fourth-order valence-corrected chi connectivity index (χ4v) is 3.11. The fourth-order valence-electron chi connectivity index (χ4n) is 3.11. The molecule has 0 saturated carbocycles. The molecular weight excluding hydrogens is 370 g/mol. The van der Waals surface area contributed by atoms with E-state index in [9.17, 15) is 9.59 Å². The second-order valence-electron chi connectivity index (χ2n) is 6.88. The number of pyridine rings is 1. The Labute approximate surface area is 166 Å². The van der Waals surface area contributed by atoms with Crippen molar-refractivity contribution in [3.63, 3.8) is 0 Å². The molecule has 1 aromatic carbocycles. The van der Waals surface area contributed by atoms with Crippen molar-refractivity contribution in [2.24, 2.45) is 7.05 Å². The van der Waals surface area contributed by atoms with E-state index in [1.165, 1.54) is 9.08 Å². The first-order chi connectivity index (χ1) is 14.0.